The number of pyridine rings is 1. The van der Waals surface area contributed by atoms with Crippen LogP contribution in [0, 0.1) is 13.8 Å². The van der Waals surface area contributed by atoms with Crippen molar-refractivity contribution in [1.29, 1.82) is 0 Å². The molecule has 1 aromatic heterocycles. The Labute approximate surface area is 203 Å². The van der Waals surface area contributed by atoms with E-state index in [9.17, 15) is 13.2 Å². The zero-order chi connectivity index (χ0) is 24.8. The SMILES string of the molecule is Cc1cc(C2(c3c(OS(C)(=O)=O)cc(Cl)cc3-c3ccccc3)N=C(N)N(C)C2=O)cc(C)n1. The number of aromatic nitrogens is 1. The third kappa shape index (κ3) is 4.12. The number of amides is 1. The van der Waals surface area contributed by atoms with E-state index >= 15 is 0 Å². The minimum Gasteiger partial charge on any atom is -0.382 e. The number of aliphatic imine (C=N–C) groups is 1. The van der Waals surface area contributed by atoms with E-state index in [0.717, 1.165) is 6.26 Å². The van der Waals surface area contributed by atoms with E-state index in [2.05, 4.69) is 9.98 Å². The van der Waals surface area contributed by atoms with Gasteiger partial charge in [-0.25, -0.2) is 4.99 Å². The number of rotatable bonds is 5. The van der Waals surface area contributed by atoms with Gasteiger partial charge in [-0.2, -0.15) is 8.42 Å². The summed E-state index contributed by atoms with van der Waals surface area (Å²) >= 11 is 6.40. The molecular formula is C24H23ClN4O4S. The first kappa shape index (κ1) is 23.7. The number of halogens is 1. The van der Waals surface area contributed by atoms with Crippen LogP contribution in [0.2, 0.25) is 5.02 Å². The van der Waals surface area contributed by atoms with Gasteiger partial charge in [-0.05, 0) is 48.7 Å². The summed E-state index contributed by atoms with van der Waals surface area (Å²) in [7, 11) is -2.48. The Balaban J connectivity index is 2.21. The zero-order valence-corrected chi connectivity index (χ0v) is 20.6. The van der Waals surface area contributed by atoms with Crippen LogP contribution >= 0.6 is 11.6 Å². The highest BCUT2D eigenvalue weighted by molar-refractivity contribution is 7.86. The molecular weight excluding hydrogens is 476 g/mol. The van der Waals surface area contributed by atoms with Crippen LogP contribution in [0.15, 0.2) is 59.6 Å². The highest BCUT2D eigenvalue weighted by atomic mass is 35.5. The lowest BCUT2D eigenvalue weighted by atomic mass is 9.78. The van der Waals surface area contributed by atoms with Crippen LogP contribution in [0.5, 0.6) is 5.75 Å². The normalized spacial score (nSPS) is 18.2. The second-order valence-electron chi connectivity index (χ2n) is 8.16. The van der Waals surface area contributed by atoms with Crippen LogP contribution in [0.1, 0.15) is 22.5 Å². The van der Waals surface area contributed by atoms with Crippen LogP contribution in [-0.4, -0.2) is 43.5 Å². The molecule has 0 aliphatic carbocycles. The standard InChI is InChI=1S/C24H23ClN4O4S/c1-14-10-17(11-15(2)27-14)24(22(30)29(3)23(26)28-24)21-19(16-8-6-5-7-9-16)12-18(25)13-20(21)33-34(4,31)32/h5-13H,1-4H3,(H2,26,28). The quantitative estimate of drug-likeness (QED) is 0.539. The van der Waals surface area contributed by atoms with E-state index in [-0.39, 0.29) is 22.3 Å². The van der Waals surface area contributed by atoms with Gasteiger partial charge in [0.2, 0.25) is 0 Å². The summed E-state index contributed by atoms with van der Waals surface area (Å²) in [5.74, 6) is -0.592. The molecule has 0 saturated carbocycles. The summed E-state index contributed by atoms with van der Waals surface area (Å²) in [4.78, 5) is 24.2. The fraction of sp³-hybridized carbons (Fsp3) is 0.208. The van der Waals surface area contributed by atoms with Crippen molar-refractivity contribution in [3.8, 4) is 16.9 Å². The molecule has 0 fully saturated rings. The topological polar surface area (TPSA) is 115 Å². The van der Waals surface area contributed by atoms with Crippen LogP contribution in [0.3, 0.4) is 0 Å². The zero-order valence-electron chi connectivity index (χ0n) is 19.0. The molecule has 2 aromatic carbocycles. The molecule has 0 spiro atoms. The van der Waals surface area contributed by atoms with Crippen molar-refractivity contribution in [3.05, 3.63) is 82.1 Å². The van der Waals surface area contributed by atoms with Crippen molar-refractivity contribution in [1.82, 2.24) is 9.88 Å². The molecule has 2 heterocycles. The van der Waals surface area contributed by atoms with Crippen LogP contribution < -0.4 is 9.92 Å². The van der Waals surface area contributed by atoms with Crippen molar-refractivity contribution in [3.63, 3.8) is 0 Å². The van der Waals surface area contributed by atoms with E-state index in [1.165, 1.54) is 18.0 Å². The average Bonchev–Trinajstić information content (AvgIpc) is 2.97. The number of likely N-dealkylation sites (N-methyl/N-ethyl adjacent to an activating group) is 1. The molecule has 10 heteroatoms. The van der Waals surface area contributed by atoms with Gasteiger partial charge in [-0.1, -0.05) is 41.9 Å². The number of aryl methyl sites for hydroxylation is 2. The lowest BCUT2D eigenvalue weighted by molar-refractivity contribution is -0.129. The van der Waals surface area contributed by atoms with Gasteiger partial charge in [0.05, 0.1) is 6.26 Å². The maximum atomic E-state index is 13.9. The molecule has 0 saturated heterocycles. The van der Waals surface area contributed by atoms with Gasteiger partial charge < -0.3 is 9.92 Å². The smallest absolute Gasteiger partial charge is 0.306 e. The molecule has 4 rings (SSSR count). The molecule has 8 nitrogen and oxygen atoms in total. The molecule has 2 N–H and O–H groups in total. The lowest BCUT2D eigenvalue weighted by Gasteiger charge is -2.30. The predicted molar refractivity (Wildman–Crippen MR) is 131 cm³/mol. The van der Waals surface area contributed by atoms with Crippen molar-refractivity contribution < 1.29 is 17.4 Å². The third-order valence-electron chi connectivity index (χ3n) is 5.49. The summed E-state index contributed by atoms with van der Waals surface area (Å²) in [6.07, 6.45) is 0.924. The molecule has 1 aliphatic heterocycles. The van der Waals surface area contributed by atoms with Crippen molar-refractivity contribution in [2.45, 2.75) is 19.4 Å². The number of hydrogen-bond acceptors (Lipinski definition) is 7. The molecule has 0 bridgehead atoms. The first-order valence-corrected chi connectivity index (χ1v) is 12.5. The van der Waals surface area contributed by atoms with Gasteiger partial charge >= 0.3 is 10.1 Å². The highest BCUT2D eigenvalue weighted by Gasteiger charge is 2.53. The molecule has 1 amide bonds. The van der Waals surface area contributed by atoms with Crippen molar-refractivity contribution in [2.75, 3.05) is 13.3 Å². The van der Waals surface area contributed by atoms with Gasteiger partial charge in [0.15, 0.2) is 17.2 Å². The van der Waals surface area contributed by atoms with Gasteiger partial charge in [0.1, 0.15) is 0 Å². The second-order valence-corrected chi connectivity index (χ2v) is 10.2. The molecule has 0 radical (unpaired) electrons. The van der Waals surface area contributed by atoms with Crippen molar-refractivity contribution >= 4 is 33.6 Å². The minimum atomic E-state index is -3.99. The van der Waals surface area contributed by atoms with E-state index in [1.807, 2.05) is 30.3 Å². The Kier molecular flexibility index (Phi) is 5.87. The Morgan fingerprint density at radius 1 is 1.06 bits per heavy atom. The van der Waals surface area contributed by atoms with Gasteiger partial charge in [-0.3, -0.25) is 14.7 Å². The first-order valence-electron chi connectivity index (χ1n) is 10.3. The van der Waals surface area contributed by atoms with E-state index in [0.29, 0.717) is 28.1 Å². The lowest BCUT2D eigenvalue weighted by Crippen LogP contribution is -2.41. The highest BCUT2D eigenvalue weighted by Crippen LogP contribution is 2.49. The Hall–Kier alpha value is -3.43. The third-order valence-corrected chi connectivity index (χ3v) is 6.19. The summed E-state index contributed by atoms with van der Waals surface area (Å²) < 4.78 is 29.9. The number of nitrogens with two attached hydrogens (primary N) is 1. The summed E-state index contributed by atoms with van der Waals surface area (Å²) in [6.45, 7) is 3.60. The van der Waals surface area contributed by atoms with E-state index < -0.39 is 21.6 Å². The van der Waals surface area contributed by atoms with Gasteiger partial charge in [0, 0.05) is 35.1 Å². The largest absolute Gasteiger partial charge is 0.382 e. The number of carbonyl (C=O) groups excluding carboxylic acids is 1. The predicted octanol–water partition coefficient (Wildman–Crippen LogP) is 3.39. The Morgan fingerprint density at radius 2 is 1.68 bits per heavy atom. The van der Waals surface area contributed by atoms with E-state index in [1.54, 1.807) is 32.0 Å². The molecule has 34 heavy (non-hydrogen) atoms. The molecule has 176 valence electrons. The maximum absolute atomic E-state index is 13.9. The molecule has 1 atom stereocenters. The monoisotopic (exact) mass is 498 g/mol. The maximum Gasteiger partial charge on any atom is 0.306 e. The molecule has 1 unspecified atom stereocenters. The van der Waals surface area contributed by atoms with Gasteiger partial charge in [0.25, 0.3) is 5.91 Å². The number of nitrogens with zero attached hydrogens (tertiary/aromatic N) is 3. The number of carbonyl (C=O) groups is 1. The second kappa shape index (κ2) is 8.41. The molecule has 3 aromatic rings. The summed E-state index contributed by atoms with van der Waals surface area (Å²) in [5.41, 5.74) is 7.61. The summed E-state index contributed by atoms with van der Waals surface area (Å²) in [5, 5.41) is 0.231. The fourth-order valence-corrected chi connectivity index (χ4v) is 4.88. The molecule has 1 aliphatic rings. The van der Waals surface area contributed by atoms with Crippen LogP contribution in [-0.2, 0) is 20.5 Å². The Bertz CT molecular complexity index is 1420. The van der Waals surface area contributed by atoms with E-state index in [4.69, 9.17) is 21.5 Å². The summed E-state index contributed by atoms with van der Waals surface area (Å²) in [6, 6.07) is 15.6. The number of hydrogen-bond donors (Lipinski definition) is 1. The van der Waals surface area contributed by atoms with Gasteiger partial charge in [-0.15, -0.1) is 0 Å². The number of guanidine groups is 1. The number of benzene rings is 2. The minimum absolute atomic E-state index is 0.0172. The van der Waals surface area contributed by atoms with Crippen LogP contribution in [0.25, 0.3) is 11.1 Å². The van der Waals surface area contributed by atoms with Crippen molar-refractivity contribution in [2.24, 2.45) is 10.7 Å². The van der Waals surface area contributed by atoms with Crippen LogP contribution in [0.4, 0.5) is 0 Å². The first-order chi connectivity index (χ1) is 15.9. The Morgan fingerprint density at radius 3 is 2.21 bits per heavy atom. The fourth-order valence-electron chi connectivity index (χ4n) is 4.21. The average molecular weight is 499 g/mol.